The summed E-state index contributed by atoms with van der Waals surface area (Å²) in [4.78, 5) is 27.3. The minimum Gasteiger partial charge on any atom is -0.465 e. The summed E-state index contributed by atoms with van der Waals surface area (Å²) in [5.41, 5.74) is 1.24. The average molecular weight is 434 g/mol. The average Bonchev–Trinajstić information content (AvgIpc) is 2.75. The molecule has 2 aromatic rings. The highest BCUT2D eigenvalue weighted by atomic mass is 19.4. The first kappa shape index (κ1) is 22.8. The number of anilines is 1. The first-order valence-electron chi connectivity index (χ1n) is 10.2. The number of likely N-dealkylation sites (tertiary alicyclic amines) is 1. The monoisotopic (exact) mass is 434 g/mol. The third kappa shape index (κ3) is 5.64. The Morgan fingerprint density at radius 1 is 1.13 bits per heavy atom. The number of hydrogen-bond donors (Lipinski definition) is 0. The number of esters is 1. The highest BCUT2D eigenvalue weighted by Crippen LogP contribution is 2.35. The summed E-state index contributed by atoms with van der Waals surface area (Å²) in [6, 6.07) is 12.1. The number of benzene rings is 2. The maximum atomic E-state index is 12.9. The lowest BCUT2D eigenvalue weighted by atomic mass is 9.98. The highest BCUT2D eigenvalue weighted by Gasteiger charge is 2.30. The predicted octanol–water partition coefficient (Wildman–Crippen LogP) is 4.36. The smallest absolute Gasteiger partial charge is 0.416 e. The van der Waals surface area contributed by atoms with Gasteiger partial charge in [-0.1, -0.05) is 30.3 Å². The molecule has 1 aliphatic heterocycles. The third-order valence-electron chi connectivity index (χ3n) is 5.43. The highest BCUT2D eigenvalue weighted by molar-refractivity contribution is 5.87. The van der Waals surface area contributed by atoms with Gasteiger partial charge in [-0.05, 0) is 43.5 Å². The lowest BCUT2D eigenvalue weighted by Gasteiger charge is -2.37. The van der Waals surface area contributed by atoms with E-state index in [2.05, 4.69) is 0 Å². The van der Waals surface area contributed by atoms with Crippen molar-refractivity contribution < 1.29 is 27.5 Å². The molecule has 5 nitrogen and oxygen atoms in total. The normalized spacial score (nSPS) is 15.5. The number of carbonyl (C=O) groups excluding carboxylic acids is 2. The number of para-hydroxylation sites is 1. The van der Waals surface area contributed by atoms with Crippen LogP contribution in [-0.2, 0) is 20.5 Å². The molecule has 1 amide bonds. The summed E-state index contributed by atoms with van der Waals surface area (Å²) < 4.78 is 43.7. The molecular formula is C23H25F3N2O3. The van der Waals surface area contributed by atoms with Crippen molar-refractivity contribution >= 4 is 18.1 Å². The number of hydrogen-bond acceptors (Lipinski definition) is 4. The number of rotatable bonds is 7. The van der Waals surface area contributed by atoms with E-state index in [0.717, 1.165) is 18.5 Å². The standard InChI is InChI=1S/C23H25F3N2O3/c1-2-31-22(30)15-27-13-11-19(12-14-27)28(16-29)21-6-4-3-5-20(21)17-7-9-18(10-8-17)23(24,25)26/h3-10,16,19H,2,11-15H2,1H3. The van der Waals surface area contributed by atoms with Gasteiger partial charge in [-0.15, -0.1) is 0 Å². The molecule has 166 valence electrons. The minimum atomic E-state index is -4.40. The molecule has 1 saturated heterocycles. The molecule has 0 atom stereocenters. The van der Waals surface area contributed by atoms with Crippen LogP contribution in [0.4, 0.5) is 18.9 Å². The molecular weight excluding hydrogens is 409 g/mol. The largest absolute Gasteiger partial charge is 0.465 e. The van der Waals surface area contributed by atoms with Crippen LogP contribution in [-0.4, -0.2) is 49.6 Å². The molecule has 2 aromatic carbocycles. The molecule has 1 fully saturated rings. The van der Waals surface area contributed by atoms with Crippen LogP contribution in [0.1, 0.15) is 25.3 Å². The first-order valence-corrected chi connectivity index (χ1v) is 10.2. The summed E-state index contributed by atoms with van der Waals surface area (Å²) in [7, 11) is 0. The third-order valence-corrected chi connectivity index (χ3v) is 5.43. The quantitative estimate of drug-likeness (QED) is 0.480. The van der Waals surface area contributed by atoms with Crippen LogP contribution in [0.15, 0.2) is 48.5 Å². The van der Waals surface area contributed by atoms with Gasteiger partial charge in [-0.3, -0.25) is 14.5 Å². The van der Waals surface area contributed by atoms with E-state index in [1.165, 1.54) is 12.1 Å². The zero-order chi connectivity index (χ0) is 22.4. The molecule has 0 spiro atoms. The second kappa shape index (κ2) is 9.96. The maximum Gasteiger partial charge on any atom is 0.416 e. The van der Waals surface area contributed by atoms with Crippen LogP contribution in [0.25, 0.3) is 11.1 Å². The molecule has 31 heavy (non-hydrogen) atoms. The van der Waals surface area contributed by atoms with Gasteiger partial charge in [0.25, 0.3) is 0 Å². The fourth-order valence-electron chi connectivity index (χ4n) is 3.87. The summed E-state index contributed by atoms with van der Waals surface area (Å²) >= 11 is 0. The van der Waals surface area contributed by atoms with Crippen molar-refractivity contribution in [2.24, 2.45) is 0 Å². The van der Waals surface area contributed by atoms with E-state index in [1.54, 1.807) is 36.1 Å². The summed E-state index contributed by atoms with van der Waals surface area (Å²) in [6.07, 6.45) is -2.27. The first-order chi connectivity index (χ1) is 14.8. The van der Waals surface area contributed by atoms with Crippen LogP contribution in [0.5, 0.6) is 0 Å². The Morgan fingerprint density at radius 2 is 1.77 bits per heavy atom. The van der Waals surface area contributed by atoms with Crippen molar-refractivity contribution in [1.29, 1.82) is 0 Å². The molecule has 1 heterocycles. The topological polar surface area (TPSA) is 49.9 Å². The van der Waals surface area contributed by atoms with Crippen molar-refractivity contribution in [3.05, 3.63) is 54.1 Å². The van der Waals surface area contributed by atoms with Gasteiger partial charge < -0.3 is 9.64 Å². The van der Waals surface area contributed by atoms with Gasteiger partial charge in [0.1, 0.15) is 0 Å². The number of ether oxygens (including phenoxy) is 1. The van der Waals surface area contributed by atoms with Gasteiger partial charge in [0, 0.05) is 24.7 Å². The molecule has 8 heteroatoms. The van der Waals surface area contributed by atoms with Crippen molar-refractivity contribution in [2.45, 2.75) is 32.0 Å². The predicted molar refractivity (Wildman–Crippen MR) is 112 cm³/mol. The molecule has 0 aromatic heterocycles. The second-order valence-corrected chi connectivity index (χ2v) is 7.42. The zero-order valence-electron chi connectivity index (χ0n) is 17.3. The van der Waals surface area contributed by atoms with E-state index in [9.17, 15) is 22.8 Å². The minimum absolute atomic E-state index is 0.0634. The van der Waals surface area contributed by atoms with Gasteiger partial charge in [-0.2, -0.15) is 13.2 Å². The van der Waals surface area contributed by atoms with Crippen molar-refractivity contribution in [3.8, 4) is 11.1 Å². The maximum absolute atomic E-state index is 12.9. The van der Waals surface area contributed by atoms with Crippen molar-refractivity contribution in [3.63, 3.8) is 0 Å². The molecule has 0 bridgehead atoms. The fraction of sp³-hybridized carbons (Fsp3) is 0.391. The Balaban J connectivity index is 1.76. The number of halogens is 3. The van der Waals surface area contributed by atoms with Gasteiger partial charge in [0.15, 0.2) is 0 Å². The summed E-state index contributed by atoms with van der Waals surface area (Å²) in [5, 5.41) is 0. The lowest BCUT2D eigenvalue weighted by molar-refractivity contribution is -0.144. The lowest BCUT2D eigenvalue weighted by Crippen LogP contribution is -2.46. The second-order valence-electron chi connectivity index (χ2n) is 7.42. The van der Waals surface area contributed by atoms with Crippen LogP contribution in [0.2, 0.25) is 0 Å². The van der Waals surface area contributed by atoms with Crippen molar-refractivity contribution in [1.82, 2.24) is 4.90 Å². The molecule has 0 unspecified atom stereocenters. The number of amides is 1. The molecule has 3 rings (SSSR count). The Labute approximate surface area is 179 Å². The van der Waals surface area contributed by atoms with Crippen LogP contribution in [0, 0.1) is 0 Å². The summed E-state index contributed by atoms with van der Waals surface area (Å²) in [6.45, 7) is 3.63. The SMILES string of the molecule is CCOC(=O)CN1CCC(N(C=O)c2ccccc2-c2ccc(C(F)(F)F)cc2)CC1. The summed E-state index contributed by atoms with van der Waals surface area (Å²) in [5.74, 6) is -0.263. The Bertz CT molecular complexity index is 892. The number of carbonyl (C=O) groups is 2. The van der Waals surface area contributed by atoms with Crippen LogP contribution >= 0.6 is 0 Å². The van der Waals surface area contributed by atoms with E-state index in [-0.39, 0.29) is 18.6 Å². The Morgan fingerprint density at radius 3 is 2.35 bits per heavy atom. The van der Waals surface area contributed by atoms with Crippen LogP contribution in [0.3, 0.4) is 0 Å². The molecule has 0 radical (unpaired) electrons. The molecule has 0 N–H and O–H groups in total. The zero-order valence-corrected chi connectivity index (χ0v) is 17.3. The fourth-order valence-corrected chi connectivity index (χ4v) is 3.87. The molecule has 0 aliphatic carbocycles. The van der Waals surface area contributed by atoms with Crippen LogP contribution < -0.4 is 4.90 Å². The van der Waals surface area contributed by atoms with Gasteiger partial charge in [-0.25, -0.2) is 0 Å². The van der Waals surface area contributed by atoms with Gasteiger partial charge in [0.05, 0.1) is 24.4 Å². The van der Waals surface area contributed by atoms with E-state index in [1.807, 2.05) is 4.90 Å². The van der Waals surface area contributed by atoms with E-state index in [0.29, 0.717) is 49.4 Å². The van der Waals surface area contributed by atoms with E-state index >= 15 is 0 Å². The number of piperidine rings is 1. The van der Waals surface area contributed by atoms with E-state index < -0.39 is 11.7 Å². The van der Waals surface area contributed by atoms with Gasteiger partial charge >= 0.3 is 12.1 Å². The number of nitrogens with zero attached hydrogens (tertiary/aromatic N) is 2. The van der Waals surface area contributed by atoms with E-state index in [4.69, 9.17) is 4.74 Å². The molecule has 0 saturated carbocycles. The number of alkyl halides is 3. The Hall–Kier alpha value is -2.87. The van der Waals surface area contributed by atoms with Crippen molar-refractivity contribution in [2.75, 3.05) is 31.1 Å². The Kier molecular flexibility index (Phi) is 7.33. The van der Waals surface area contributed by atoms with Gasteiger partial charge in [0.2, 0.25) is 6.41 Å². The molecule has 1 aliphatic rings.